The van der Waals surface area contributed by atoms with Crippen molar-refractivity contribution in [2.75, 3.05) is 20.8 Å². The maximum absolute atomic E-state index is 10.0. The summed E-state index contributed by atoms with van der Waals surface area (Å²) in [5.74, 6) is 1.44. The van der Waals surface area contributed by atoms with Crippen LogP contribution in [-0.4, -0.2) is 25.9 Å². The average Bonchev–Trinajstić information content (AvgIpc) is 2.99. The third kappa shape index (κ3) is 2.92. The van der Waals surface area contributed by atoms with Crippen LogP contribution in [0.5, 0.6) is 11.5 Å². The van der Waals surface area contributed by atoms with Crippen LogP contribution in [-0.2, 0) is 18.5 Å². The van der Waals surface area contributed by atoms with Gasteiger partial charge in [-0.1, -0.05) is 30.3 Å². The molecular formula is C19H23NO3. The predicted molar refractivity (Wildman–Crippen MR) is 89.9 cm³/mol. The standard InChI is InChI=1S/C19H23NO3/c1-22-17-8-7-14(11-18(17)23-2)12-20-19(13-21)10-9-15-5-3-4-6-16(15)19/h3-8,11,20-21H,9-10,12-13H2,1-2H3. The number of hydrogen-bond acceptors (Lipinski definition) is 4. The van der Waals surface area contributed by atoms with Gasteiger partial charge in [-0.3, -0.25) is 0 Å². The summed E-state index contributed by atoms with van der Waals surface area (Å²) in [6.45, 7) is 0.756. The molecule has 0 saturated carbocycles. The fraction of sp³-hybridized carbons (Fsp3) is 0.368. The molecule has 0 fully saturated rings. The Morgan fingerprint density at radius 2 is 1.87 bits per heavy atom. The maximum Gasteiger partial charge on any atom is 0.161 e. The van der Waals surface area contributed by atoms with E-state index in [2.05, 4.69) is 23.5 Å². The van der Waals surface area contributed by atoms with Crippen molar-refractivity contribution in [3.05, 3.63) is 59.2 Å². The Bertz CT molecular complexity index is 686. The van der Waals surface area contributed by atoms with E-state index >= 15 is 0 Å². The van der Waals surface area contributed by atoms with Crippen molar-refractivity contribution in [2.45, 2.75) is 24.9 Å². The number of aliphatic hydroxyl groups is 1. The first kappa shape index (κ1) is 15.8. The molecule has 2 N–H and O–H groups in total. The van der Waals surface area contributed by atoms with E-state index in [4.69, 9.17) is 9.47 Å². The maximum atomic E-state index is 10.0. The van der Waals surface area contributed by atoms with Gasteiger partial charge in [0, 0.05) is 6.54 Å². The number of benzene rings is 2. The Morgan fingerprint density at radius 1 is 1.09 bits per heavy atom. The normalized spacial score (nSPS) is 19.4. The van der Waals surface area contributed by atoms with E-state index in [1.54, 1.807) is 14.2 Å². The van der Waals surface area contributed by atoms with E-state index in [1.807, 2.05) is 24.3 Å². The lowest BCUT2D eigenvalue weighted by Crippen LogP contribution is -2.43. The van der Waals surface area contributed by atoms with Gasteiger partial charge in [-0.05, 0) is 41.7 Å². The van der Waals surface area contributed by atoms with Crippen LogP contribution < -0.4 is 14.8 Å². The highest BCUT2D eigenvalue weighted by Crippen LogP contribution is 2.37. The van der Waals surface area contributed by atoms with Crippen molar-refractivity contribution >= 4 is 0 Å². The highest BCUT2D eigenvalue weighted by molar-refractivity contribution is 5.43. The summed E-state index contributed by atoms with van der Waals surface area (Å²) in [7, 11) is 3.27. The minimum atomic E-state index is -0.357. The molecule has 1 atom stereocenters. The lowest BCUT2D eigenvalue weighted by molar-refractivity contribution is 0.159. The zero-order valence-corrected chi connectivity index (χ0v) is 13.6. The summed E-state index contributed by atoms with van der Waals surface area (Å²) in [5.41, 5.74) is 3.27. The summed E-state index contributed by atoms with van der Waals surface area (Å²) < 4.78 is 10.6. The molecule has 0 spiro atoms. The molecule has 1 aliphatic rings. The molecule has 2 aromatic carbocycles. The molecule has 0 aromatic heterocycles. The summed E-state index contributed by atoms with van der Waals surface area (Å²) in [4.78, 5) is 0. The molecule has 3 rings (SSSR count). The van der Waals surface area contributed by atoms with Crippen molar-refractivity contribution in [3.8, 4) is 11.5 Å². The minimum Gasteiger partial charge on any atom is -0.493 e. The van der Waals surface area contributed by atoms with Crippen molar-refractivity contribution in [1.29, 1.82) is 0 Å². The van der Waals surface area contributed by atoms with Crippen LogP contribution in [0.25, 0.3) is 0 Å². The molecular weight excluding hydrogens is 290 g/mol. The van der Waals surface area contributed by atoms with Gasteiger partial charge in [-0.2, -0.15) is 0 Å². The Balaban J connectivity index is 1.80. The number of hydrogen-bond donors (Lipinski definition) is 2. The van der Waals surface area contributed by atoms with Crippen molar-refractivity contribution < 1.29 is 14.6 Å². The molecule has 0 bridgehead atoms. The first-order chi connectivity index (χ1) is 11.2. The van der Waals surface area contributed by atoms with E-state index in [0.29, 0.717) is 6.54 Å². The molecule has 122 valence electrons. The van der Waals surface area contributed by atoms with Gasteiger partial charge in [0.1, 0.15) is 0 Å². The largest absolute Gasteiger partial charge is 0.493 e. The van der Waals surface area contributed by atoms with Gasteiger partial charge in [-0.25, -0.2) is 0 Å². The first-order valence-corrected chi connectivity index (χ1v) is 7.87. The topological polar surface area (TPSA) is 50.7 Å². The van der Waals surface area contributed by atoms with Crippen LogP contribution in [0.15, 0.2) is 42.5 Å². The second-order valence-electron chi connectivity index (χ2n) is 5.94. The Hall–Kier alpha value is -2.04. The highest BCUT2D eigenvalue weighted by Gasteiger charge is 2.37. The second kappa shape index (κ2) is 6.60. The van der Waals surface area contributed by atoms with Gasteiger partial charge in [0.15, 0.2) is 11.5 Å². The van der Waals surface area contributed by atoms with Gasteiger partial charge in [0.05, 0.1) is 26.4 Å². The van der Waals surface area contributed by atoms with Crippen LogP contribution >= 0.6 is 0 Å². The summed E-state index contributed by atoms with van der Waals surface area (Å²) in [6.07, 6.45) is 1.91. The van der Waals surface area contributed by atoms with E-state index in [0.717, 1.165) is 29.9 Å². The molecule has 1 unspecified atom stereocenters. The van der Waals surface area contributed by atoms with Crippen molar-refractivity contribution in [3.63, 3.8) is 0 Å². The van der Waals surface area contributed by atoms with Crippen LogP contribution in [0.4, 0.5) is 0 Å². The number of rotatable bonds is 6. The van der Waals surface area contributed by atoms with Crippen molar-refractivity contribution in [2.24, 2.45) is 0 Å². The molecule has 23 heavy (non-hydrogen) atoms. The molecule has 0 heterocycles. The summed E-state index contributed by atoms with van der Waals surface area (Å²) in [5, 5.41) is 13.6. The van der Waals surface area contributed by atoms with Crippen LogP contribution in [0.1, 0.15) is 23.1 Å². The van der Waals surface area contributed by atoms with Crippen LogP contribution in [0.2, 0.25) is 0 Å². The monoisotopic (exact) mass is 313 g/mol. The van der Waals surface area contributed by atoms with Crippen molar-refractivity contribution in [1.82, 2.24) is 5.32 Å². The minimum absolute atomic E-state index is 0.0945. The highest BCUT2D eigenvalue weighted by atomic mass is 16.5. The lowest BCUT2D eigenvalue weighted by atomic mass is 9.92. The smallest absolute Gasteiger partial charge is 0.161 e. The molecule has 0 saturated heterocycles. The van der Waals surface area contributed by atoms with Gasteiger partial charge < -0.3 is 19.9 Å². The molecule has 0 radical (unpaired) electrons. The number of ether oxygens (including phenoxy) is 2. The lowest BCUT2D eigenvalue weighted by Gasteiger charge is -2.30. The average molecular weight is 313 g/mol. The second-order valence-corrected chi connectivity index (χ2v) is 5.94. The third-order valence-corrected chi connectivity index (χ3v) is 4.70. The van der Waals surface area contributed by atoms with Gasteiger partial charge >= 0.3 is 0 Å². The van der Waals surface area contributed by atoms with E-state index in [-0.39, 0.29) is 12.1 Å². The first-order valence-electron chi connectivity index (χ1n) is 7.87. The number of nitrogens with one attached hydrogen (secondary N) is 1. The Kier molecular flexibility index (Phi) is 4.55. The third-order valence-electron chi connectivity index (χ3n) is 4.70. The predicted octanol–water partition coefficient (Wildman–Crippen LogP) is 2.63. The van der Waals surface area contributed by atoms with Gasteiger partial charge in [0.2, 0.25) is 0 Å². The number of aryl methyl sites for hydroxylation is 1. The quantitative estimate of drug-likeness (QED) is 0.861. The zero-order valence-electron chi connectivity index (χ0n) is 13.6. The van der Waals surface area contributed by atoms with E-state index < -0.39 is 0 Å². The molecule has 2 aromatic rings. The van der Waals surface area contributed by atoms with E-state index in [9.17, 15) is 5.11 Å². The number of methoxy groups -OCH3 is 2. The number of aliphatic hydroxyl groups excluding tert-OH is 1. The zero-order chi connectivity index (χ0) is 16.3. The summed E-state index contributed by atoms with van der Waals surface area (Å²) >= 11 is 0. The van der Waals surface area contributed by atoms with Crippen LogP contribution in [0.3, 0.4) is 0 Å². The Morgan fingerprint density at radius 3 is 2.61 bits per heavy atom. The van der Waals surface area contributed by atoms with Gasteiger partial charge in [0.25, 0.3) is 0 Å². The molecule has 0 amide bonds. The molecule has 1 aliphatic carbocycles. The molecule has 0 aliphatic heterocycles. The Labute approximate surface area is 137 Å². The van der Waals surface area contributed by atoms with Gasteiger partial charge in [-0.15, -0.1) is 0 Å². The van der Waals surface area contributed by atoms with E-state index in [1.165, 1.54) is 11.1 Å². The fourth-order valence-electron chi connectivity index (χ4n) is 3.35. The summed E-state index contributed by atoms with van der Waals surface area (Å²) in [6, 6.07) is 14.2. The molecule has 4 nitrogen and oxygen atoms in total. The molecule has 4 heteroatoms. The van der Waals surface area contributed by atoms with Crippen LogP contribution in [0, 0.1) is 0 Å². The SMILES string of the molecule is COc1ccc(CNC2(CO)CCc3ccccc32)cc1OC. The number of fused-ring (bicyclic) bond motifs is 1. The fourth-order valence-corrected chi connectivity index (χ4v) is 3.35.